The molecular formula is C14H23NO3. The minimum absolute atomic E-state index is 0.177. The number of amides is 1. The Morgan fingerprint density at radius 1 is 1.00 bits per heavy atom. The number of rotatable bonds is 2. The summed E-state index contributed by atoms with van der Waals surface area (Å²) in [7, 11) is 0. The summed E-state index contributed by atoms with van der Waals surface area (Å²) in [6.45, 7) is 6.91. The molecule has 18 heavy (non-hydrogen) atoms. The number of Topliss-reactive ketones (excluding diaryl/α,β-unsaturated/α-hetero) is 1. The van der Waals surface area contributed by atoms with Crippen molar-refractivity contribution in [2.45, 2.75) is 52.1 Å². The number of carbonyl (C=O) groups is 2. The minimum Gasteiger partial charge on any atom is -0.444 e. The van der Waals surface area contributed by atoms with E-state index in [1.807, 2.05) is 20.8 Å². The maximum Gasteiger partial charge on any atom is 0.410 e. The van der Waals surface area contributed by atoms with E-state index >= 15 is 0 Å². The van der Waals surface area contributed by atoms with Crippen molar-refractivity contribution in [1.29, 1.82) is 0 Å². The predicted molar refractivity (Wildman–Crippen MR) is 68.3 cm³/mol. The van der Waals surface area contributed by atoms with Crippen LogP contribution in [0.5, 0.6) is 0 Å². The van der Waals surface area contributed by atoms with E-state index in [0.29, 0.717) is 24.8 Å². The van der Waals surface area contributed by atoms with Crippen LogP contribution < -0.4 is 0 Å². The van der Waals surface area contributed by atoms with Gasteiger partial charge in [0.15, 0.2) is 0 Å². The Bertz CT molecular complexity index is 333. The third kappa shape index (κ3) is 3.47. The first-order valence-electron chi connectivity index (χ1n) is 6.88. The number of ether oxygens (including phenoxy) is 1. The van der Waals surface area contributed by atoms with Crippen LogP contribution in [0.2, 0.25) is 0 Å². The first-order chi connectivity index (χ1) is 8.37. The average molecular weight is 253 g/mol. The van der Waals surface area contributed by atoms with E-state index in [1.165, 1.54) is 0 Å². The van der Waals surface area contributed by atoms with E-state index in [-0.39, 0.29) is 12.0 Å². The summed E-state index contributed by atoms with van der Waals surface area (Å²) in [5.41, 5.74) is -0.447. The van der Waals surface area contributed by atoms with Crippen LogP contribution in [-0.2, 0) is 9.53 Å². The van der Waals surface area contributed by atoms with Crippen LogP contribution in [0.4, 0.5) is 4.79 Å². The third-order valence-corrected chi connectivity index (χ3v) is 3.53. The van der Waals surface area contributed by atoms with Gasteiger partial charge < -0.3 is 9.64 Å². The number of hydrogen-bond donors (Lipinski definition) is 0. The second-order valence-electron chi connectivity index (χ2n) is 6.42. The lowest BCUT2D eigenvalue weighted by molar-refractivity contribution is -0.125. The van der Waals surface area contributed by atoms with E-state index < -0.39 is 5.60 Å². The fraction of sp³-hybridized carbons (Fsp3) is 0.857. The smallest absolute Gasteiger partial charge is 0.410 e. The van der Waals surface area contributed by atoms with E-state index in [9.17, 15) is 9.59 Å². The van der Waals surface area contributed by atoms with Gasteiger partial charge in [-0.1, -0.05) is 0 Å². The Morgan fingerprint density at radius 2 is 1.50 bits per heavy atom. The molecule has 1 aliphatic carbocycles. The summed E-state index contributed by atoms with van der Waals surface area (Å²) >= 11 is 0. The van der Waals surface area contributed by atoms with Crippen molar-refractivity contribution in [3.8, 4) is 0 Å². The van der Waals surface area contributed by atoms with Crippen LogP contribution >= 0.6 is 0 Å². The van der Waals surface area contributed by atoms with Gasteiger partial charge in [-0.15, -0.1) is 0 Å². The van der Waals surface area contributed by atoms with Crippen molar-refractivity contribution in [2.75, 3.05) is 13.1 Å². The lowest BCUT2D eigenvalue weighted by Crippen LogP contribution is -2.43. The Kier molecular flexibility index (Phi) is 3.64. The standard InChI is InChI=1S/C14H23NO3/c1-14(2,3)18-13(17)15-8-6-11(7-9-15)12(16)10-4-5-10/h10-11H,4-9H2,1-3H3. The summed E-state index contributed by atoms with van der Waals surface area (Å²) < 4.78 is 5.33. The molecule has 2 rings (SSSR count). The molecule has 4 heteroatoms. The largest absolute Gasteiger partial charge is 0.444 e. The van der Waals surface area contributed by atoms with E-state index in [0.717, 1.165) is 25.7 Å². The minimum atomic E-state index is -0.447. The zero-order valence-electron chi connectivity index (χ0n) is 11.6. The maximum atomic E-state index is 11.9. The van der Waals surface area contributed by atoms with Crippen LogP contribution in [0, 0.1) is 11.8 Å². The highest BCUT2D eigenvalue weighted by Gasteiger charge is 2.37. The second kappa shape index (κ2) is 4.90. The van der Waals surface area contributed by atoms with Crippen LogP contribution in [0.3, 0.4) is 0 Å². The number of likely N-dealkylation sites (tertiary alicyclic amines) is 1. The molecule has 0 aromatic rings. The molecule has 0 N–H and O–H groups in total. The number of ketones is 1. The van der Waals surface area contributed by atoms with Gasteiger partial charge >= 0.3 is 6.09 Å². The highest BCUT2D eigenvalue weighted by molar-refractivity contribution is 5.85. The zero-order valence-corrected chi connectivity index (χ0v) is 11.6. The fourth-order valence-corrected chi connectivity index (χ4v) is 2.37. The highest BCUT2D eigenvalue weighted by Crippen LogP contribution is 2.35. The number of hydrogen-bond acceptors (Lipinski definition) is 3. The van der Waals surface area contributed by atoms with Crippen molar-refractivity contribution in [2.24, 2.45) is 11.8 Å². The van der Waals surface area contributed by atoms with Crippen LogP contribution in [0.1, 0.15) is 46.5 Å². The molecule has 0 atom stereocenters. The highest BCUT2D eigenvalue weighted by atomic mass is 16.6. The topological polar surface area (TPSA) is 46.6 Å². The fourth-order valence-electron chi connectivity index (χ4n) is 2.37. The van der Waals surface area contributed by atoms with Gasteiger partial charge in [0.2, 0.25) is 0 Å². The SMILES string of the molecule is CC(C)(C)OC(=O)N1CCC(C(=O)C2CC2)CC1. The van der Waals surface area contributed by atoms with Gasteiger partial charge in [0.25, 0.3) is 0 Å². The predicted octanol–water partition coefficient (Wildman–Crippen LogP) is 2.61. The van der Waals surface area contributed by atoms with Gasteiger partial charge in [-0.3, -0.25) is 4.79 Å². The molecule has 1 amide bonds. The summed E-state index contributed by atoms with van der Waals surface area (Å²) in [5, 5.41) is 0. The molecule has 1 saturated carbocycles. The molecule has 4 nitrogen and oxygen atoms in total. The van der Waals surface area contributed by atoms with Crippen molar-refractivity contribution in [1.82, 2.24) is 4.90 Å². The summed E-state index contributed by atoms with van der Waals surface area (Å²) in [6.07, 6.45) is 3.50. The summed E-state index contributed by atoms with van der Waals surface area (Å²) in [6, 6.07) is 0. The lowest BCUT2D eigenvalue weighted by Gasteiger charge is -2.33. The molecule has 1 aliphatic heterocycles. The van der Waals surface area contributed by atoms with Crippen LogP contribution in [-0.4, -0.2) is 35.5 Å². The van der Waals surface area contributed by atoms with E-state index in [2.05, 4.69) is 0 Å². The molecule has 1 saturated heterocycles. The normalized spacial score (nSPS) is 21.8. The first-order valence-corrected chi connectivity index (χ1v) is 6.88. The third-order valence-electron chi connectivity index (χ3n) is 3.53. The van der Waals surface area contributed by atoms with Gasteiger partial charge in [0.1, 0.15) is 11.4 Å². The molecule has 0 bridgehead atoms. The van der Waals surface area contributed by atoms with E-state index in [4.69, 9.17) is 4.74 Å². The van der Waals surface area contributed by atoms with Crippen molar-refractivity contribution >= 4 is 11.9 Å². The molecule has 1 heterocycles. The van der Waals surface area contributed by atoms with Crippen molar-refractivity contribution < 1.29 is 14.3 Å². The molecule has 2 aliphatic rings. The second-order valence-corrected chi connectivity index (χ2v) is 6.42. The Morgan fingerprint density at radius 3 is 1.94 bits per heavy atom. The molecule has 2 fully saturated rings. The van der Waals surface area contributed by atoms with Crippen molar-refractivity contribution in [3.63, 3.8) is 0 Å². The quantitative estimate of drug-likeness (QED) is 0.760. The lowest BCUT2D eigenvalue weighted by atomic mass is 9.90. The molecule has 0 aromatic heterocycles. The number of piperidine rings is 1. The molecule has 0 radical (unpaired) electrons. The van der Waals surface area contributed by atoms with Gasteiger partial charge in [-0.2, -0.15) is 0 Å². The number of carbonyl (C=O) groups excluding carboxylic acids is 2. The molecular weight excluding hydrogens is 230 g/mol. The van der Waals surface area contributed by atoms with E-state index in [1.54, 1.807) is 4.90 Å². The summed E-state index contributed by atoms with van der Waals surface area (Å²) in [5.74, 6) is 0.943. The molecule has 0 aromatic carbocycles. The van der Waals surface area contributed by atoms with Gasteiger partial charge in [0.05, 0.1) is 0 Å². The Balaban J connectivity index is 1.79. The van der Waals surface area contributed by atoms with Crippen molar-refractivity contribution in [3.05, 3.63) is 0 Å². The zero-order chi connectivity index (χ0) is 13.3. The maximum absolute atomic E-state index is 11.9. The Labute approximate surface area is 109 Å². The van der Waals surface area contributed by atoms with Gasteiger partial charge in [0, 0.05) is 24.9 Å². The Hall–Kier alpha value is -1.06. The first kappa shape index (κ1) is 13.4. The summed E-state index contributed by atoms with van der Waals surface area (Å²) in [4.78, 5) is 25.5. The monoisotopic (exact) mass is 253 g/mol. The van der Waals surface area contributed by atoms with Crippen LogP contribution in [0.15, 0.2) is 0 Å². The number of nitrogens with zero attached hydrogens (tertiary/aromatic N) is 1. The van der Waals surface area contributed by atoms with Gasteiger partial charge in [-0.25, -0.2) is 4.79 Å². The van der Waals surface area contributed by atoms with Gasteiger partial charge in [-0.05, 0) is 46.5 Å². The average Bonchev–Trinajstić information content (AvgIpc) is 3.10. The molecule has 0 unspecified atom stereocenters. The molecule has 0 spiro atoms. The molecule has 102 valence electrons. The van der Waals surface area contributed by atoms with Crippen LogP contribution in [0.25, 0.3) is 0 Å².